The van der Waals surface area contributed by atoms with E-state index in [1.54, 1.807) is 5.30 Å². The normalized spacial score (nSPS) is 32.0. The van der Waals surface area contributed by atoms with Gasteiger partial charge in [0.2, 0.25) is 0 Å². The Bertz CT molecular complexity index is 609. The van der Waals surface area contributed by atoms with Gasteiger partial charge in [-0.2, -0.15) is 0 Å². The van der Waals surface area contributed by atoms with Crippen molar-refractivity contribution < 1.29 is 0 Å². The Hall–Kier alpha value is -0.350. The lowest BCUT2D eigenvalue weighted by Crippen LogP contribution is -2.28. The molecule has 1 saturated carbocycles. The first-order valence-electron chi connectivity index (χ1n) is 10.2. The second-order valence-corrected chi connectivity index (χ2v) is 13.9. The zero-order valence-corrected chi connectivity index (χ0v) is 18.9. The minimum Gasteiger partial charge on any atom is -0.0710 e. The molecule has 1 aliphatic carbocycles. The summed E-state index contributed by atoms with van der Waals surface area (Å²) in [4.78, 5) is 0. The number of rotatable bonds is 1. The third-order valence-corrected chi connectivity index (χ3v) is 10.5. The summed E-state index contributed by atoms with van der Waals surface area (Å²) >= 11 is 0. The van der Waals surface area contributed by atoms with Gasteiger partial charge < -0.3 is 0 Å². The van der Waals surface area contributed by atoms with Crippen LogP contribution in [0.4, 0.5) is 0 Å². The predicted molar refractivity (Wildman–Crippen MR) is 115 cm³/mol. The molecule has 0 bridgehead atoms. The molecule has 0 nitrogen and oxygen atoms in total. The van der Waals surface area contributed by atoms with Crippen LogP contribution in [0, 0.1) is 17.3 Å². The van der Waals surface area contributed by atoms with E-state index in [9.17, 15) is 0 Å². The lowest BCUT2D eigenvalue weighted by atomic mass is 9.81. The Morgan fingerprint density at radius 3 is 1.92 bits per heavy atom. The lowest BCUT2D eigenvalue weighted by Gasteiger charge is -2.34. The molecule has 25 heavy (non-hydrogen) atoms. The van der Waals surface area contributed by atoms with Crippen molar-refractivity contribution in [3.63, 3.8) is 0 Å². The largest absolute Gasteiger partial charge is 0.0710 e. The van der Waals surface area contributed by atoms with E-state index in [4.69, 9.17) is 0 Å². The van der Waals surface area contributed by atoms with Crippen molar-refractivity contribution in [3.8, 4) is 0 Å². The van der Waals surface area contributed by atoms with Crippen LogP contribution in [0.25, 0.3) is 0 Å². The Morgan fingerprint density at radius 2 is 1.44 bits per heavy atom. The maximum Gasteiger partial charge on any atom is -0.00865 e. The summed E-state index contributed by atoms with van der Waals surface area (Å²) in [6.45, 7) is 21.8. The van der Waals surface area contributed by atoms with Crippen LogP contribution >= 0.6 is 7.92 Å². The molecule has 1 heteroatoms. The molecule has 1 saturated heterocycles. The topological polar surface area (TPSA) is 0 Å². The van der Waals surface area contributed by atoms with Gasteiger partial charge in [0, 0.05) is 0 Å². The quantitative estimate of drug-likeness (QED) is 0.482. The molecule has 0 radical (unpaired) electrons. The Kier molecular flexibility index (Phi) is 4.73. The van der Waals surface area contributed by atoms with Gasteiger partial charge in [-0.15, -0.1) is 0 Å². The molecule has 140 valence electrons. The third-order valence-electron chi connectivity index (χ3n) is 6.86. The van der Waals surface area contributed by atoms with Crippen LogP contribution in [0.3, 0.4) is 0 Å². The predicted octanol–water partition coefficient (Wildman–Crippen LogP) is 6.84. The van der Waals surface area contributed by atoms with Gasteiger partial charge in [0.25, 0.3) is 0 Å². The molecular formula is C24H39P. The second-order valence-electron chi connectivity index (χ2n) is 11.5. The molecule has 1 aromatic rings. The van der Waals surface area contributed by atoms with Crippen LogP contribution in [0.15, 0.2) is 18.2 Å². The summed E-state index contributed by atoms with van der Waals surface area (Å²) < 4.78 is 0. The van der Waals surface area contributed by atoms with Gasteiger partial charge in [0.15, 0.2) is 0 Å². The van der Waals surface area contributed by atoms with E-state index in [0.29, 0.717) is 5.41 Å². The highest BCUT2D eigenvalue weighted by Crippen LogP contribution is 2.66. The summed E-state index contributed by atoms with van der Waals surface area (Å²) in [6.07, 6.45) is 4.34. The Labute approximate surface area is 157 Å². The van der Waals surface area contributed by atoms with Crippen molar-refractivity contribution in [1.82, 2.24) is 0 Å². The van der Waals surface area contributed by atoms with Crippen LogP contribution in [-0.2, 0) is 10.8 Å². The molecule has 3 rings (SSSR count). The monoisotopic (exact) mass is 358 g/mol. The standard InChI is InChI=1S/C24H39P/c1-16-15-25(21-20(16)10-11-24(21,8)9)19-13-17(22(2,3)4)12-18(14-19)23(5,6)7/h12-14,16,20-21H,10-11,15H2,1-9H3. The molecule has 2 aliphatic rings. The summed E-state index contributed by atoms with van der Waals surface area (Å²) in [7, 11) is -0.0347. The first-order chi connectivity index (χ1) is 11.3. The van der Waals surface area contributed by atoms with Crippen molar-refractivity contribution in [2.24, 2.45) is 17.3 Å². The molecule has 4 unspecified atom stereocenters. The molecule has 0 amide bonds. The van der Waals surface area contributed by atoms with Gasteiger partial charge in [0.1, 0.15) is 0 Å². The number of hydrogen-bond acceptors (Lipinski definition) is 0. The highest BCUT2D eigenvalue weighted by Gasteiger charge is 2.52. The summed E-state index contributed by atoms with van der Waals surface area (Å²) in [5.74, 6) is 1.88. The Balaban J connectivity index is 2.10. The van der Waals surface area contributed by atoms with Gasteiger partial charge in [-0.3, -0.25) is 0 Å². The molecule has 1 heterocycles. The first-order valence-corrected chi connectivity index (χ1v) is 11.8. The highest BCUT2D eigenvalue weighted by atomic mass is 31.1. The molecule has 0 aromatic heterocycles. The zero-order valence-electron chi connectivity index (χ0n) is 18.0. The third kappa shape index (κ3) is 3.58. The van der Waals surface area contributed by atoms with Gasteiger partial charge >= 0.3 is 0 Å². The minimum absolute atomic E-state index is 0.0347. The fourth-order valence-electron chi connectivity index (χ4n) is 5.14. The molecule has 1 aliphatic heterocycles. The van der Waals surface area contributed by atoms with E-state index >= 15 is 0 Å². The van der Waals surface area contributed by atoms with Gasteiger partial charge in [-0.25, -0.2) is 0 Å². The lowest BCUT2D eigenvalue weighted by molar-refractivity contribution is 0.356. The summed E-state index contributed by atoms with van der Waals surface area (Å²) in [5, 5.41) is 1.70. The zero-order chi connectivity index (χ0) is 18.8. The van der Waals surface area contributed by atoms with E-state index in [1.165, 1.54) is 30.1 Å². The number of hydrogen-bond donors (Lipinski definition) is 0. The van der Waals surface area contributed by atoms with Crippen molar-refractivity contribution in [3.05, 3.63) is 29.3 Å². The number of benzene rings is 1. The minimum atomic E-state index is -0.0347. The van der Waals surface area contributed by atoms with E-state index in [2.05, 4.69) is 80.5 Å². The average Bonchev–Trinajstić information content (AvgIpc) is 2.96. The number of fused-ring (bicyclic) bond motifs is 1. The second kappa shape index (κ2) is 6.09. The van der Waals surface area contributed by atoms with Crippen LogP contribution in [0.5, 0.6) is 0 Å². The highest BCUT2D eigenvalue weighted by molar-refractivity contribution is 7.66. The molecular weight excluding hydrogens is 319 g/mol. The van der Waals surface area contributed by atoms with Gasteiger partial charge in [0.05, 0.1) is 0 Å². The van der Waals surface area contributed by atoms with E-state index in [1.807, 2.05) is 0 Å². The van der Waals surface area contributed by atoms with Crippen LogP contribution in [0.1, 0.15) is 86.3 Å². The summed E-state index contributed by atoms with van der Waals surface area (Å²) in [5.41, 5.74) is 4.97. The molecule has 4 atom stereocenters. The maximum absolute atomic E-state index is 2.59. The van der Waals surface area contributed by atoms with E-state index in [0.717, 1.165) is 17.5 Å². The SMILES string of the molecule is CC1CP(c2cc(C(C)(C)C)cc(C(C)(C)C)c2)C2C1CCC2(C)C. The van der Waals surface area contributed by atoms with Gasteiger partial charge in [-0.1, -0.05) is 88.4 Å². The van der Waals surface area contributed by atoms with Crippen molar-refractivity contribution in [1.29, 1.82) is 0 Å². The van der Waals surface area contributed by atoms with Crippen LogP contribution < -0.4 is 5.30 Å². The molecule has 0 N–H and O–H groups in total. The first kappa shape index (κ1) is 19.4. The fraction of sp³-hybridized carbons (Fsp3) is 0.750. The fourth-order valence-corrected chi connectivity index (χ4v) is 9.28. The smallest absolute Gasteiger partial charge is 0.00865 e. The van der Waals surface area contributed by atoms with Crippen molar-refractivity contribution in [2.45, 2.75) is 91.6 Å². The van der Waals surface area contributed by atoms with Gasteiger partial charge in [-0.05, 0) is 69.2 Å². The average molecular weight is 359 g/mol. The van der Waals surface area contributed by atoms with Crippen LogP contribution in [-0.4, -0.2) is 11.8 Å². The molecule has 0 spiro atoms. The molecule has 2 fully saturated rings. The maximum atomic E-state index is 2.59. The van der Waals surface area contributed by atoms with Crippen molar-refractivity contribution >= 4 is 13.2 Å². The summed E-state index contributed by atoms with van der Waals surface area (Å²) in [6, 6.07) is 7.66. The molecule has 1 aromatic carbocycles. The van der Waals surface area contributed by atoms with E-state index < -0.39 is 0 Å². The van der Waals surface area contributed by atoms with E-state index in [-0.39, 0.29) is 18.8 Å². The van der Waals surface area contributed by atoms with Crippen molar-refractivity contribution in [2.75, 3.05) is 6.16 Å². The Morgan fingerprint density at radius 1 is 0.920 bits per heavy atom. The van der Waals surface area contributed by atoms with Crippen LogP contribution in [0.2, 0.25) is 0 Å².